The molecule has 2 aromatic carbocycles. The minimum Gasteiger partial charge on any atom is -0.462 e. The zero-order valence-corrected chi connectivity index (χ0v) is 13.6. The van der Waals surface area contributed by atoms with Gasteiger partial charge in [-0.05, 0) is 49.1 Å². The fraction of sp³-hybridized carbons (Fsp3) is 0.300. The molecule has 0 aromatic heterocycles. The van der Waals surface area contributed by atoms with Crippen LogP contribution in [0.25, 0.3) is 0 Å². The molecule has 0 amide bonds. The number of ether oxygens (including phenoxy) is 1. The number of benzene rings is 2. The first-order valence-electron chi connectivity index (χ1n) is 8.13. The molecule has 23 heavy (non-hydrogen) atoms. The van der Waals surface area contributed by atoms with E-state index in [9.17, 15) is 4.79 Å². The Bertz CT molecular complexity index is 618. The maximum Gasteiger partial charge on any atom is 0.338 e. The van der Waals surface area contributed by atoms with Crippen LogP contribution in [0.2, 0.25) is 0 Å². The van der Waals surface area contributed by atoms with Crippen LogP contribution in [0.15, 0.2) is 59.6 Å². The molecule has 0 spiro atoms. The Labute approximate surface area is 138 Å². The highest BCUT2D eigenvalue weighted by molar-refractivity contribution is 5.89. The monoisotopic (exact) mass is 309 g/mol. The van der Waals surface area contributed by atoms with Crippen molar-refractivity contribution in [2.24, 2.45) is 4.99 Å². The van der Waals surface area contributed by atoms with Crippen molar-refractivity contribution >= 4 is 17.9 Å². The average Bonchev–Trinajstić information content (AvgIpc) is 2.59. The van der Waals surface area contributed by atoms with Crippen LogP contribution in [0.4, 0.5) is 5.69 Å². The van der Waals surface area contributed by atoms with E-state index in [1.807, 2.05) is 60.8 Å². The van der Waals surface area contributed by atoms with Gasteiger partial charge < -0.3 is 4.74 Å². The number of aliphatic imine (C=N–C) groups is 1. The van der Waals surface area contributed by atoms with Crippen molar-refractivity contribution in [3.8, 4) is 0 Å². The summed E-state index contributed by atoms with van der Waals surface area (Å²) in [6.45, 7) is 2.56. The first kappa shape index (κ1) is 16.9. The average molecular weight is 309 g/mol. The molecule has 0 atom stereocenters. The van der Waals surface area contributed by atoms with Gasteiger partial charge in [-0.3, -0.25) is 4.99 Å². The Morgan fingerprint density at radius 3 is 2.52 bits per heavy atom. The summed E-state index contributed by atoms with van der Waals surface area (Å²) in [7, 11) is 0. The van der Waals surface area contributed by atoms with Crippen LogP contribution in [-0.2, 0) is 11.2 Å². The van der Waals surface area contributed by atoms with E-state index in [0.717, 1.165) is 31.4 Å². The summed E-state index contributed by atoms with van der Waals surface area (Å²) >= 11 is 0. The predicted molar refractivity (Wildman–Crippen MR) is 94.5 cm³/mol. The predicted octanol–water partition coefficient (Wildman–Crippen LogP) is 4.98. The van der Waals surface area contributed by atoms with E-state index in [1.165, 1.54) is 5.56 Å². The number of rotatable bonds is 8. The maximum atomic E-state index is 11.9. The standard InChI is InChI=1S/C20H23NO2/c1-2-8-17-11-13-18(14-12-17)20(22)23-16-7-6-15-21-19-9-4-3-5-10-19/h3-5,9-15H,2,6-8,16H2,1H3. The quantitative estimate of drug-likeness (QED) is 0.392. The lowest BCUT2D eigenvalue weighted by Crippen LogP contribution is -2.06. The fourth-order valence-corrected chi connectivity index (χ4v) is 2.20. The Morgan fingerprint density at radius 1 is 1.09 bits per heavy atom. The van der Waals surface area contributed by atoms with Gasteiger partial charge >= 0.3 is 5.97 Å². The van der Waals surface area contributed by atoms with E-state index < -0.39 is 0 Å². The molecule has 3 nitrogen and oxygen atoms in total. The van der Waals surface area contributed by atoms with Crippen LogP contribution in [-0.4, -0.2) is 18.8 Å². The second-order valence-corrected chi connectivity index (χ2v) is 5.37. The van der Waals surface area contributed by atoms with Gasteiger partial charge in [-0.2, -0.15) is 0 Å². The molecule has 0 unspecified atom stereocenters. The number of carbonyl (C=O) groups excluding carboxylic acids is 1. The number of unbranched alkanes of at least 4 members (excludes halogenated alkanes) is 1. The minimum absolute atomic E-state index is 0.256. The fourth-order valence-electron chi connectivity index (χ4n) is 2.20. The molecule has 3 heteroatoms. The number of carbonyl (C=O) groups is 1. The third kappa shape index (κ3) is 6.07. The zero-order chi connectivity index (χ0) is 16.3. The molecule has 0 N–H and O–H groups in total. The summed E-state index contributed by atoms with van der Waals surface area (Å²) < 4.78 is 5.28. The van der Waals surface area contributed by atoms with E-state index >= 15 is 0 Å². The van der Waals surface area contributed by atoms with Gasteiger partial charge in [-0.15, -0.1) is 0 Å². The molecule has 0 aliphatic carbocycles. The smallest absolute Gasteiger partial charge is 0.338 e. The van der Waals surface area contributed by atoms with Gasteiger partial charge in [-0.1, -0.05) is 43.7 Å². The van der Waals surface area contributed by atoms with E-state index in [1.54, 1.807) is 0 Å². The molecule has 2 rings (SSSR count). The van der Waals surface area contributed by atoms with Crippen molar-refractivity contribution in [2.75, 3.05) is 6.61 Å². The van der Waals surface area contributed by atoms with Crippen LogP contribution < -0.4 is 0 Å². The zero-order valence-electron chi connectivity index (χ0n) is 13.6. The summed E-state index contributed by atoms with van der Waals surface area (Å²) in [5.74, 6) is -0.256. The SMILES string of the molecule is CCCc1ccc(C(=O)OCCCC=Nc2ccccc2)cc1. The summed E-state index contributed by atoms with van der Waals surface area (Å²) in [5.41, 5.74) is 2.81. The minimum atomic E-state index is -0.256. The number of hydrogen-bond donors (Lipinski definition) is 0. The molecule has 120 valence electrons. The van der Waals surface area contributed by atoms with Crippen molar-refractivity contribution in [2.45, 2.75) is 32.6 Å². The Hall–Kier alpha value is -2.42. The molecule has 0 saturated heterocycles. The second kappa shape index (κ2) is 9.57. The molecule has 0 aliphatic heterocycles. The van der Waals surface area contributed by atoms with Gasteiger partial charge in [0.25, 0.3) is 0 Å². The molecule has 0 heterocycles. The van der Waals surface area contributed by atoms with Crippen LogP contribution in [0.5, 0.6) is 0 Å². The second-order valence-electron chi connectivity index (χ2n) is 5.37. The highest BCUT2D eigenvalue weighted by atomic mass is 16.5. The van der Waals surface area contributed by atoms with Gasteiger partial charge in [0.1, 0.15) is 0 Å². The number of hydrogen-bond acceptors (Lipinski definition) is 3. The number of aryl methyl sites for hydroxylation is 1. The molecular formula is C20H23NO2. The largest absolute Gasteiger partial charge is 0.462 e. The van der Waals surface area contributed by atoms with Gasteiger partial charge in [0, 0.05) is 6.21 Å². The number of esters is 1. The van der Waals surface area contributed by atoms with Crippen molar-refractivity contribution in [3.05, 3.63) is 65.7 Å². The third-order valence-electron chi connectivity index (χ3n) is 3.44. The molecule has 2 aromatic rings. The topological polar surface area (TPSA) is 38.7 Å². The maximum absolute atomic E-state index is 11.9. The molecule has 0 aliphatic rings. The Morgan fingerprint density at radius 2 is 1.83 bits per heavy atom. The number of nitrogens with zero attached hydrogens (tertiary/aromatic N) is 1. The van der Waals surface area contributed by atoms with Crippen molar-refractivity contribution < 1.29 is 9.53 Å². The Balaban J connectivity index is 1.67. The van der Waals surface area contributed by atoms with Gasteiger partial charge in [0.15, 0.2) is 0 Å². The van der Waals surface area contributed by atoms with E-state index in [2.05, 4.69) is 11.9 Å². The normalized spacial score (nSPS) is 10.8. The van der Waals surface area contributed by atoms with E-state index in [-0.39, 0.29) is 5.97 Å². The molecule has 0 fully saturated rings. The first-order chi connectivity index (χ1) is 11.3. The highest BCUT2D eigenvalue weighted by Crippen LogP contribution is 2.10. The van der Waals surface area contributed by atoms with Gasteiger partial charge in [0.2, 0.25) is 0 Å². The van der Waals surface area contributed by atoms with Crippen molar-refractivity contribution in [1.29, 1.82) is 0 Å². The van der Waals surface area contributed by atoms with Gasteiger partial charge in [-0.25, -0.2) is 4.79 Å². The van der Waals surface area contributed by atoms with Crippen LogP contribution in [0, 0.1) is 0 Å². The van der Waals surface area contributed by atoms with Crippen LogP contribution in [0.1, 0.15) is 42.1 Å². The molecule has 0 saturated carbocycles. The van der Waals surface area contributed by atoms with Gasteiger partial charge in [0.05, 0.1) is 17.9 Å². The number of para-hydroxylation sites is 1. The lowest BCUT2D eigenvalue weighted by molar-refractivity contribution is 0.0502. The van der Waals surface area contributed by atoms with Crippen molar-refractivity contribution in [1.82, 2.24) is 0 Å². The van der Waals surface area contributed by atoms with Crippen LogP contribution in [0.3, 0.4) is 0 Å². The summed E-state index contributed by atoms with van der Waals surface area (Å²) in [5, 5.41) is 0. The Kier molecular flexibility index (Phi) is 7.05. The first-order valence-corrected chi connectivity index (χ1v) is 8.13. The summed E-state index contributed by atoms with van der Waals surface area (Å²) in [4.78, 5) is 16.3. The van der Waals surface area contributed by atoms with Crippen molar-refractivity contribution in [3.63, 3.8) is 0 Å². The van der Waals surface area contributed by atoms with E-state index in [4.69, 9.17) is 4.74 Å². The van der Waals surface area contributed by atoms with E-state index in [0.29, 0.717) is 12.2 Å². The summed E-state index contributed by atoms with van der Waals surface area (Å²) in [6, 6.07) is 17.5. The third-order valence-corrected chi connectivity index (χ3v) is 3.44. The molecule has 0 bridgehead atoms. The molecule has 0 radical (unpaired) electrons. The lowest BCUT2D eigenvalue weighted by Gasteiger charge is -2.05. The summed E-state index contributed by atoms with van der Waals surface area (Å²) in [6.07, 6.45) is 5.57. The molecular weight excluding hydrogens is 286 g/mol. The van der Waals surface area contributed by atoms with Crippen LogP contribution >= 0.6 is 0 Å². The lowest BCUT2D eigenvalue weighted by atomic mass is 10.1. The highest BCUT2D eigenvalue weighted by Gasteiger charge is 2.06.